The van der Waals surface area contributed by atoms with Gasteiger partial charge in [-0.2, -0.15) is 0 Å². The predicted molar refractivity (Wildman–Crippen MR) is 108 cm³/mol. The monoisotopic (exact) mass is 377 g/mol. The predicted octanol–water partition coefficient (Wildman–Crippen LogP) is 3.95. The Morgan fingerprint density at radius 3 is 2.81 bits per heavy atom. The van der Waals surface area contributed by atoms with Crippen LogP contribution in [-0.4, -0.2) is 55.1 Å². The molecular formula is C20H31N3O2S. The fourth-order valence-electron chi connectivity index (χ4n) is 3.59. The highest BCUT2D eigenvalue weighted by atomic mass is 32.2. The molecule has 2 heterocycles. The quantitative estimate of drug-likeness (QED) is 0.707. The summed E-state index contributed by atoms with van der Waals surface area (Å²) in [6.45, 7) is 6.20. The van der Waals surface area contributed by atoms with E-state index >= 15 is 0 Å². The molecule has 6 heteroatoms. The first-order valence-electron chi connectivity index (χ1n) is 9.88. The Balaban J connectivity index is 1.41. The van der Waals surface area contributed by atoms with Crippen LogP contribution in [0.3, 0.4) is 0 Å². The number of nitrogens with zero attached hydrogens (tertiary/aromatic N) is 1. The number of hydrogen-bond acceptors (Lipinski definition) is 4. The van der Waals surface area contributed by atoms with Crippen molar-refractivity contribution in [2.45, 2.75) is 56.1 Å². The molecule has 1 atom stereocenters. The minimum Gasteiger partial charge on any atom is -0.377 e. The molecule has 2 fully saturated rings. The van der Waals surface area contributed by atoms with Crippen LogP contribution in [0, 0.1) is 0 Å². The molecule has 0 bridgehead atoms. The molecule has 0 aromatic heterocycles. The van der Waals surface area contributed by atoms with Gasteiger partial charge in [-0.1, -0.05) is 19.1 Å². The van der Waals surface area contributed by atoms with Crippen molar-refractivity contribution < 1.29 is 9.53 Å². The molecule has 5 nitrogen and oxygen atoms in total. The van der Waals surface area contributed by atoms with Crippen LogP contribution in [0.4, 0.5) is 10.5 Å². The molecule has 2 aliphatic rings. The van der Waals surface area contributed by atoms with Crippen LogP contribution in [0.25, 0.3) is 0 Å². The molecule has 144 valence electrons. The summed E-state index contributed by atoms with van der Waals surface area (Å²) >= 11 is 1.79. The van der Waals surface area contributed by atoms with Crippen molar-refractivity contribution in [3.63, 3.8) is 0 Å². The van der Waals surface area contributed by atoms with Gasteiger partial charge in [-0.15, -0.1) is 11.8 Å². The van der Waals surface area contributed by atoms with E-state index in [1.54, 1.807) is 11.8 Å². The van der Waals surface area contributed by atoms with Crippen LogP contribution >= 0.6 is 11.8 Å². The number of thioether (sulfide) groups is 1. The number of benzene rings is 1. The van der Waals surface area contributed by atoms with Crippen molar-refractivity contribution in [1.29, 1.82) is 0 Å². The second-order valence-electron chi connectivity index (χ2n) is 7.15. The minimum atomic E-state index is -0.0906. The lowest BCUT2D eigenvalue weighted by Gasteiger charge is -2.33. The molecule has 26 heavy (non-hydrogen) atoms. The molecule has 0 saturated carbocycles. The fourth-order valence-corrected chi connectivity index (χ4v) is 4.46. The Morgan fingerprint density at radius 1 is 1.27 bits per heavy atom. The molecule has 0 radical (unpaired) electrons. The van der Waals surface area contributed by atoms with Gasteiger partial charge in [0.25, 0.3) is 0 Å². The third kappa shape index (κ3) is 5.89. The highest BCUT2D eigenvalue weighted by molar-refractivity contribution is 7.99. The number of carbonyl (C=O) groups excluding carboxylic acids is 1. The summed E-state index contributed by atoms with van der Waals surface area (Å²) in [7, 11) is 0. The molecule has 0 aliphatic carbocycles. The van der Waals surface area contributed by atoms with Gasteiger partial charge in [0.05, 0.1) is 11.8 Å². The Hall–Kier alpha value is -1.24. The van der Waals surface area contributed by atoms with Gasteiger partial charge in [0.2, 0.25) is 0 Å². The van der Waals surface area contributed by atoms with Crippen molar-refractivity contribution >= 4 is 23.5 Å². The number of ether oxygens (including phenoxy) is 1. The highest BCUT2D eigenvalue weighted by Crippen LogP contribution is 2.27. The van der Waals surface area contributed by atoms with Crippen molar-refractivity contribution in [3.05, 3.63) is 24.3 Å². The molecule has 2 aliphatic heterocycles. The number of piperidine rings is 1. The number of urea groups is 1. The number of likely N-dealkylation sites (tertiary alicyclic amines) is 1. The molecular weight excluding hydrogens is 346 g/mol. The van der Waals surface area contributed by atoms with Crippen LogP contribution in [0.2, 0.25) is 0 Å². The van der Waals surface area contributed by atoms with Crippen molar-refractivity contribution in [3.8, 4) is 0 Å². The number of para-hydroxylation sites is 1. The lowest BCUT2D eigenvalue weighted by molar-refractivity contribution is 0.0633. The second kappa shape index (κ2) is 10.2. The lowest BCUT2D eigenvalue weighted by Crippen LogP contribution is -2.47. The van der Waals surface area contributed by atoms with Gasteiger partial charge < -0.3 is 20.3 Å². The summed E-state index contributed by atoms with van der Waals surface area (Å²) in [6, 6.07) is 8.19. The van der Waals surface area contributed by atoms with Gasteiger partial charge in [0.1, 0.15) is 0 Å². The van der Waals surface area contributed by atoms with E-state index < -0.39 is 0 Å². The molecule has 2 amide bonds. The van der Waals surface area contributed by atoms with Gasteiger partial charge in [-0.05, 0) is 50.0 Å². The summed E-state index contributed by atoms with van der Waals surface area (Å²) in [5.74, 6) is 1.06. The summed E-state index contributed by atoms with van der Waals surface area (Å²) in [5.41, 5.74) is 0.902. The molecule has 2 saturated heterocycles. The smallest absolute Gasteiger partial charge is 0.319 e. The normalized spacial score (nSPS) is 21.7. The van der Waals surface area contributed by atoms with Crippen molar-refractivity contribution in [2.75, 3.05) is 37.3 Å². The second-order valence-corrected chi connectivity index (χ2v) is 8.29. The van der Waals surface area contributed by atoms with Gasteiger partial charge in [-0.3, -0.25) is 0 Å². The summed E-state index contributed by atoms with van der Waals surface area (Å²) in [4.78, 5) is 16.0. The largest absolute Gasteiger partial charge is 0.377 e. The van der Waals surface area contributed by atoms with Gasteiger partial charge in [-0.25, -0.2) is 4.79 Å². The zero-order valence-corrected chi connectivity index (χ0v) is 16.5. The van der Waals surface area contributed by atoms with Gasteiger partial charge >= 0.3 is 6.03 Å². The standard InChI is InChI=1S/C20H31N3O2S/c1-2-14-26-19-8-4-3-7-18(19)22-20(24)21-16-9-11-23(12-10-16)15-17-6-5-13-25-17/h3-4,7-8,16-17H,2,5-6,9-15H2,1H3,(H2,21,22,24). The Kier molecular flexibility index (Phi) is 7.65. The van der Waals surface area contributed by atoms with Crippen LogP contribution in [0.1, 0.15) is 39.0 Å². The fraction of sp³-hybridized carbons (Fsp3) is 0.650. The molecule has 3 rings (SSSR count). The molecule has 0 spiro atoms. The average Bonchev–Trinajstić information content (AvgIpc) is 3.16. The van der Waals surface area contributed by atoms with E-state index in [0.29, 0.717) is 6.10 Å². The third-order valence-corrected chi connectivity index (χ3v) is 6.28. The van der Waals surface area contributed by atoms with Crippen molar-refractivity contribution in [2.24, 2.45) is 0 Å². The van der Waals surface area contributed by atoms with E-state index in [1.165, 1.54) is 12.8 Å². The number of nitrogens with one attached hydrogen (secondary N) is 2. The summed E-state index contributed by atoms with van der Waals surface area (Å²) in [5, 5.41) is 6.18. The summed E-state index contributed by atoms with van der Waals surface area (Å²) < 4.78 is 5.73. The first-order chi connectivity index (χ1) is 12.7. The van der Waals surface area contributed by atoms with E-state index in [4.69, 9.17) is 4.74 Å². The van der Waals surface area contributed by atoms with Crippen LogP contribution in [0.5, 0.6) is 0 Å². The van der Waals surface area contributed by atoms with Crippen molar-refractivity contribution in [1.82, 2.24) is 10.2 Å². The maximum absolute atomic E-state index is 12.4. The third-order valence-electron chi connectivity index (χ3n) is 5.01. The maximum atomic E-state index is 12.4. The first-order valence-corrected chi connectivity index (χ1v) is 10.9. The van der Waals surface area contributed by atoms with E-state index in [0.717, 1.165) is 61.8 Å². The number of anilines is 1. The van der Waals surface area contributed by atoms with Crippen LogP contribution in [-0.2, 0) is 4.74 Å². The van der Waals surface area contributed by atoms with Gasteiger partial charge in [0, 0.05) is 37.2 Å². The maximum Gasteiger partial charge on any atom is 0.319 e. The van der Waals surface area contributed by atoms with Crippen LogP contribution in [0.15, 0.2) is 29.2 Å². The summed E-state index contributed by atoms with van der Waals surface area (Å²) in [6.07, 6.45) is 5.94. The Morgan fingerprint density at radius 2 is 2.08 bits per heavy atom. The topological polar surface area (TPSA) is 53.6 Å². The zero-order chi connectivity index (χ0) is 18.2. The SMILES string of the molecule is CCCSc1ccccc1NC(=O)NC1CCN(CC2CCCO2)CC1. The number of hydrogen-bond donors (Lipinski definition) is 2. The van der Waals surface area contributed by atoms with Gasteiger partial charge in [0.15, 0.2) is 0 Å². The van der Waals surface area contributed by atoms with Crippen LogP contribution < -0.4 is 10.6 Å². The molecule has 2 N–H and O–H groups in total. The number of carbonyl (C=O) groups is 1. The first kappa shape index (κ1) is 19.5. The highest BCUT2D eigenvalue weighted by Gasteiger charge is 2.24. The van der Waals surface area contributed by atoms with E-state index in [2.05, 4.69) is 28.5 Å². The minimum absolute atomic E-state index is 0.0906. The lowest BCUT2D eigenvalue weighted by atomic mass is 10.0. The Labute approximate surface area is 161 Å². The number of amides is 2. The van der Waals surface area contributed by atoms with E-state index in [-0.39, 0.29) is 12.1 Å². The Bertz CT molecular complexity index is 570. The van der Waals surface area contributed by atoms with E-state index in [9.17, 15) is 4.79 Å². The zero-order valence-electron chi connectivity index (χ0n) is 15.7. The number of rotatable bonds is 7. The molecule has 1 aromatic rings. The molecule has 1 unspecified atom stereocenters. The van der Waals surface area contributed by atoms with E-state index in [1.807, 2.05) is 18.2 Å². The average molecular weight is 378 g/mol. The molecule has 1 aromatic carbocycles.